The fourth-order valence-corrected chi connectivity index (χ4v) is 1.44. The Balaban J connectivity index is 0.000000561. The predicted molar refractivity (Wildman–Crippen MR) is 53.5 cm³/mol. The molecular weight excluding hydrogens is 150 g/mol. The Hall–Kier alpha value is -0.0800. The molecule has 12 heavy (non-hydrogen) atoms. The van der Waals surface area contributed by atoms with Gasteiger partial charge in [0.2, 0.25) is 0 Å². The molecule has 0 radical (unpaired) electrons. The molecule has 0 amide bonds. The zero-order chi connectivity index (χ0) is 9.56. The van der Waals surface area contributed by atoms with E-state index in [1.165, 1.54) is 13.0 Å². The maximum Gasteiger partial charge on any atom is 0.0677 e. The predicted octanol–water partition coefficient (Wildman–Crippen LogP) is 2.14. The summed E-state index contributed by atoms with van der Waals surface area (Å²) in [5.41, 5.74) is 0. The molecule has 2 heteroatoms. The summed E-state index contributed by atoms with van der Waals surface area (Å²) < 4.78 is 5.64. The van der Waals surface area contributed by atoms with Gasteiger partial charge in [0, 0.05) is 13.1 Å². The second kappa shape index (κ2) is 6.44. The Bertz CT molecular complexity index is 94.0. The quantitative estimate of drug-likeness (QED) is 0.556. The third-order valence-electron chi connectivity index (χ3n) is 1.95. The van der Waals surface area contributed by atoms with Gasteiger partial charge in [-0.25, -0.2) is 0 Å². The van der Waals surface area contributed by atoms with E-state index in [2.05, 4.69) is 25.8 Å². The van der Waals surface area contributed by atoms with Gasteiger partial charge in [-0.15, -0.1) is 0 Å². The van der Waals surface area contributed by atoms with Crippen molar-refractivity contribution in [2.45, 2.75) is 46.3 Å². The zero-order valence-electron chi connectivity index (χ0n) is 9.13. The SMILES string of the molecule is CC.CC1CCN(C)CC(C)O1. The van der Waals surface area contributed by atoms with Crippen LogP contribution in [0.2, 0.25) is 0 Å². The molecule has 2 nitrogen and oxygen atoms in total. The third kappa shape index (κ3) is 4.73. The van der Waals surface area contributed by atoms with Crippen molar-refractivity contribution in [3.8, 4) is 0 Å². The summed E-state index contributed by atoms with van der Waals surface area (Å²) in [6, 6.07) is 0. The Kier molecular flexibility index (Phi) is 6.39. The van der Waals surface area contributed by atoms with Gasteiger partial charge in [-0.1, -0.05) is 13.8 Å². The van der Waals surface area contributed by atoms with Gasteiger partial charge in [0.15, 0.2) is 0 Å². The normalized spacial score (nSPS) is 31.8. The summed E-state index contributed by atoms with van der Waals surface area (Å²) in [6.45, 7) is 10.5. The molecule has 0 saturated carbocycles. The minimum Gasteiger partial charge on any atom is -0.374 e. The summed E-state index contributed by atoms with van der Waals surface area (Å²) in [7, 11) is 2.15. The van der Waals surface area contributed by atoms with E-state index in [1.807, 2.05) is 13.8 Å². The van der Waals surface area contributed by atoms with Gasteiger partial charge in [0.05, 0.1) is 12.2 Å². The molecule has 2 unspecified atom stereocenters. The van der Waals surface area contributed by atoms with Crippen LogP contribution in [0.25, 0.3) is 0 Å². The summed E-state index contributed by atoms with van der Waals surface area (Å²) in [5.74, 6) is 0. The summed E-state index contributed by atoms with van der Waals surface area (Å²) in [6.07, 6.45) is 2.02. The molecule has 1 fully saturated rings. The maximum absolute atomic E-state index is 5.64. The van der Waals surface area contributed by atoms with Gasteiger partial charge in [-0.3, -0.25) is 0 Å². The van der Waals surface area contributed by atoms with Gasteiger partial charge in [-0.2, -0.15) is 0 Å². The van der Waals surface area contributed by atoms with Crippen molar-refractivity contribution in [3.63, 3.8) is 0 Å². The van der Waals surface area contributed by atoms with Gasteiger partial charge < -0.3 is 9.64 Å². The van der Waals surface area contributed by atoms with Gasteiger partial charge in [0.25, 0.3) is 0 Å². The van der Waals surface area contributed by atoms with Crippen molar-refractivity contribution in [3.05, 3.63) is 0 Å². The third-order valence-corrected chi connectivity index (χ3v) is 1.95. The fraction of sp³-hybridized carbons (Fsp3) is 1.00. The first-order chi connectivity index (χ1) is 5.68. The van der Waals surface area contributed by atoms with Crippen LogP contribution in [-0.4, -0.2) is 37.2 Å². The molecule has 0 aromatic heterocycles. The lowest BCUT2D eigenvalue weighted by Gasteiger charge is -2.15. The number of hydrogen-bond donors (Lipinski definition) is 0. The summed E-state index contributed by atoms with van der Waals surface area (Å²) in [5, 5.41) is 0. The molecule has 1 saturated heterocycles. The number of ether oxygens (including phenoxy) is 1. The second-order valence-corrected chi connectivity index (χ2v) is 3.31. The van der Waals surface area contributed by atoms with Crippen LogP contribution in [0.15, 0.2) is 0 Å². The average Bonchev–Trinajstić information content (AvgIpc) is 2.16. The van der Waals surface area contributed by atoms with Crippen LogP contribution in [0.3, 0.4) is 0 Å². The van der Waals surface area contributed by atoms with Crippen molar-refractivity contribution in [2.24, 2.45) is 0 Å². The molecule has 1 heterocycles. The Morgan fingerprint density at radius 1 is 1.17 bits per heavy atom. The minimum absolute atomic E-state index is 0.405. The first kappa shape index (κ1) is 11.9. The molecule has 0 aromatic carbocycles. The fourth-order valence-electron chi connectivity index (χ4n) is 1.44. The average molecular weight is 173 g/mol. The van der Waals surface area contributed by atoms with E-state index in [0.29, 0.717) is 12.2 Å². The van der Waals surface area contributed by atoms with Gasteiger partial charge in [-0.05, 0) is 27.3 Å². The van der Waals surface area contributed by atoms with E-state index < -0.39 is 0 Å². The summed E-state index contributed by atoms with van der Waals surface area (Å²) in [4.78, 5) is 2.33. The van der Waals surface area contributed by atoms with Crippen molar-refractivity contribution >= 4 is 0 Å². The highest BCUT2D eigenvalue weighted by molar-refractivity contribution is 4.66. The first-order valence-electron chi connectivity index (χ1n) is 5.02. The lowest BCUT2D eigenvalue weighted by atomic mass is 10.3. The smallest absolute Gasteiger partial charge is 0.0677 e. The number of nitrogens with zero attached hydrogens (tertiary/aromatic N) is 1. The van der Waals surface area contributed by atoms with Crippen LogP contribution in [-0.2, 0) is 4.74 Å². The lowest BCUT2D eigenvalue weighted by Crippen LogP contribution is -2.26. The van der Waals surface area contributed by atoms with Gasteiger partial charge in [0.1, 0.15) is 0 Å². The molecule has 0 bridgehead atoms. The Morgan fingerprint density at radius 3 is 2.33 bits per heavy atom. The van der Waals surface area contributed by atoms with Crippen molar-refractivity contribution in [2.75, 3.05) is 20.1 Å². The first-order valence-corrected chi connectivity index (χ1v) is 5.02. The van der Waals surface area contributed by atoms with E-state index in [1.54, 1.807) is 0 Å². The standard InChI is InChI=1S/C8H17NO.C2H6/c1-7-4-5-9(3)6-8(2)10-7;1-2/h7-8H,4-6H2,1-3H3;1-2H3. The minimum atomic E-state index is 0.405. The molecule has 2 atom stereocenters. The Morgan fingerprint density at radius 2 is 1.75 bits per heavy atom. The summed E-state index contributed by atoms with van der Waals surface area (Å²) >= 11 is 0. The zero-order valence-corrected chi connectivity index (χ0v) is 9.13. The van der Waals surface area contributed by atoms with E-state index in [-0.39, 0.29) is 0 Å². The van der Waals surface area contributed by atoms with E-state index >= 15 is 0 Å². The largest absolute Gasteiger partial charge is 0.374 e. The molecule has 74 valence electrons. The second-order valence-electron chi connectivity index (χ2n) is 3.31. The number of rotatable bonds is 0. The highest BCUT2D eigenvalue weighted by atomic mass is 16.5. The molecule has 1 aliphatic rings. The van der Waals surface area contributed by atoms with Crippen molar-refractivity contribution in [1.82, 2.24) is 4.90 Å². The molecule has 0 N–H and O–H groups in total. The van der Waals surface area contributed by atoms with Crippen molar-refractivity contribution < 1.29 is 4.74 Å². The van der Waals surface area contributed by atoms with Crippen LogP contribution in [0.5, 0.6) is 0 Å². The molecule has 1 aliphatic heterocycles. The van der Waals surface area contributed by atoms with E-state index in [0.717, 1.165) is 6.54 Å². The van der Waals surface area contributed by atoms with Crippen LogP contribution in [0, 0.1) is 0 Å². The molecule has 0 aromatic rings. The van der Waals surface area contributed by atoms with E-state index in [9.17, 15) is 0 Å². The monoisotopic (exact) mass is 173 g/mol. The number of hydrogen-bond acceptors (Lipinski definition) is 2. The van der Waals surface area contributed by atoms with Crippen LogP contribution in [0.1, 0.15) is 34.1 Å². The highest BCUT2D eigenvalue weighted by Gasteiger charge is 2.15. The molecule has 0 aliphatic carbocycles. The lowest BCUT2D eigenvalue weighted by molar-refractivity contribution is 0.0155. The topological polar surface area (TPSA) is 12.5 Å². The van der Waals surface area contributed by atoms with Crippen LogP contribution < -0.4 is 0 Å². The van der Waals surface area contributed by atoms with Crippen molar-refractivity contribution in [1.29, 1.82) is 0 Å². The van der Waals surface area contributed by atoms with E-state index in [4.69, 9.17) is 4.74 Å². The Labute approximate surface area is 76.9 Å². The van der Waals surface area contributed by atoms with Gasteiger partial charge >= 0.3 is 0 Å². The van der Waals surface area contributed by atoms with Crippen LogP contribution in [0.4, 0.5) is 0 Å². The highest BCUT2D eigenvalue weighted by Crippen LogP contribution is 2.08. The maximum atomic E-state index is 5.64. The molecular formula is C10H23NO. The molecule has 1 rings (SSSR count). The van der Waals surface area contributed by atoms with Crippen LogP contribution >= 0.6 is 0 Å². The number of likely N-dealkylation sites (N-methyl/N-ethyl adjacent to an activating group) is 1. The molecule has 0 spiro atoms.